The molecule has 1 amide bonds. The second-order valence-corrected chi connectivity index (χ2v) is 3.23. The van der Waals surface area contributed by atoms with Crippen LogP contribution in [0.3, 0.4) is 0 Å². The number of anilines is 1. The third kappa shape index (κ3) is 1.99. The number of nitrogens with one attached hydrogen (secondary N) is 1. The normalized spacial score (nSPS) is 9.64. The van der Waals surface area contributed by atoms with Gasteiger partial charge in [-0.05, 0) is 25.5 Å². The van der Waals surface area contributed by atoms with Gasteiger partial charge in [0.1, 0.15) is 5.84 Å². The standard InChI is InChI=1S/C11H14N2O/c1-8-6-4-5-7-11(8)13(9(2)12)10(3)14/h4-7,12H,1-3H3. The smallest absolute Gasteiger partial charge is 0.229 e. The Balaban J connectivity index is 3.18. The largest absolute Gasteiger partial charge is 0.288 e. The Bertz CT molecular complexity index is 357. The number of carbonyl (C=O) groups excluding carboxylic acids is 1. The van der Waals surface area contributed by atoms with E-state index in [-0.39, 0.29) is 11.7 Å². The Morgan fingerprint density at radius 2 is 1.86 bits per heavy atom. The van der Waals surface area contributed by atoms with Crippen LogP contribution in [0, 0.1) is 12.3 Å². The van der Waals surface area contributed by atoms with Gasteiger partial charge in [0, 0.05) is 6.92 Å². The molecule has 0 fully saturated rings. The molecule has 1 N–H and O–H groups in total. The van der Waals surface area contributed by atoms with E-state index < -0.39 is 0 Å². The van der Waals surface area contributed by atoms with Crippen molar-refractivity contribution in [1.82, 2.24) is 0 Å². The molecular weight excluding hydrogens is 176 g/mol. The molecule has 0 bridgehead atoms. The van der Waals surface area contributed by atoms with Gasteiger partial charge in [-0.1, -0.05) is 18.2 Å². The van der Waals surface area contributed by atoms with Crippen molar-refractivity contribution in [2.75, 3.05) is 4.90 Å². The van der Waals surface area contributed by atoms with Crippen molar-refractivity contribution in [3.8, 4) is 0 Å². The molecule has 0 saturated carbocycles. The lowest BCUT2D eigenvalue weighted by Crippen LogP contribution is -2.33. The van der Waals surface area contributed by atoms with E-state index in [1.165, 1.54) is 11.8 Å². The van der Waals surface area contributed by atoms with Crippen LogP contribution in [0.15, 0.2) is 24.3 Å². The van der Waals surface area contributed by atoms with Crippen molar-refractivity contribution >= 4 is 17.4 Å². The van der Waals surface area contributed by atoms with Crippen molar-refractivity contribution in [1.29, 1.82) is 5.41 Å². The molecule has 0 unspecified atom stereocenters. The second kappa shape index (κ2) is 4.05. The number of aryl methyl sites for hydroxylation is 1. The van der Waals surface area contributed by atoms with Gasteiger partial charge in [-0.2, -0.15) is 0 Å². The predicted octanol–water partition coefficient (Wildman–Crippen LogP) is 2.35. The van der Waals surface area contributed by atoms with Crippen LogP contribution in [0.1, 0.15) is 19.4 Å². The Kier molecular flexibility index (Phi) is 3.02. The predicted molar refractivity (Wildman–Crippen MR) is 57.7 cm³/mol. The van der Waals surface area contributed by atoms with Crippen molar-refractivity contribution in [2.24, 2.45) is 0 Å². The maximum atomic E-state index is 11.3. The van der Waals surface area contributed by atoms with Gasteiger partial charge in [0.2, 0.25) is 5.91 Å². The van der Waals surface area contributed by atoms with E-state index in [2.05, 4.69) is 0 Å². The number of carbonyl (C=O) groups is 1. The number of amidine groups is 1. The SMILES string of the molecule is CC(=N)N(C(C)=O)c1ccccc1C. The average Bonchev–Trinajstić information content (AvgIpc) is 2.07. The molecule has 0 radical (unpaired) electrons. The van der Waals surface area contributed by atoms with Gasteiger partial charge in [-0.3, -0.25) is 15.1 Å². The number of hydrogen-bond donors (Lipinski definition) is 1. The highest BCUT2D eigenvalue weighted by molar-refractivity contribution is 6.14. The molecule has 3 heteroatoms. The summed E-state index contributed by atoms with van der Waals surface area (Å²) in [5, 5.41) is 7.52. The minimum absolute atomic E-state index is 0.133. The lowest BCUT2D eigenvalue weighted by Gasteiger charge is -2.21. The number of para-hydroxylation sites is 1. The summed E-state index contributed by atoms with van der Waals surface area (Å²) in [5.41, 5.74) is 1.78. The lowest BCUT2D eigenvalue weighted by molar-refractivity contribution is -0.115. The van der Waals surface area contributed by atoms with Crippen LogP contribution in [-0.2, 0) is 4.79 Å². The average molecular weight is 190 g/mol. The molecule has 0 heterocycles. The van der Waals surface area contributed by atoms with E-state index in [0.29, 0.717) is 0 Å². The van der Waals surface area contributed by atoms with E-state index in [1.807, 2.05) is 31.2 Å². The number of amides is 1. The monoisotopic (exact) mass is 190 g/mol. The summed E-state index contributed by atoms with van der Waals surface area (Å²) >= 11 is 0. The van der Waals surface area contributed by atoms with E-state index in [1.54, 1.807) is 6.92 Å². The van der Waals surface area contributed by atoms with Crippen LogP contribution in [0.2, 0.25) is 0 Å². The van der Waals surface area contributed by atoms with Crippen LogP contribution in [0.25, 0.3) is 0 Å². The van der Waals surface area contributed by atoms with Crippen molar-refractivity contribution in [2.45, 2.75) is 20.8 Å². The Morgan fingerprint density at radius 1 is 1.29 bits per heavy atom. The van der Waals surface area contributed by atoms with Crippen molar-refractivity contribution in [3.05, 3.63) is 29.8 Å². The van der Waals surface area contributed by atoms with Gasteiger partial charge < -0.3 is 0 Å². The highest BCUT2D eigenvalue weighted by Gasteiger charge is 2.14. The van der Waals surface area contributed by atoms with E-state index in [0.717, 1.165) is 11.3 Å². The van der Waals surface area contributed by atoms with Crippen LogP contribution >= 0.6 is 0 Å². The van der Waals surface area contributed by atoms with Crippen LogP contribution < -0.4 is 4.90 Å². The summed E-state index contributed by atoms with van der Waals surface area (Å²) in [4.78, 5) is 12.7. The zero-order chi connectivity index (χ0) is 10.7. The van der Waals surface area contributed by atoms with Gasteiger partial charge in [0.05, 0.1) is 5.69 Å². The fraction of sp³-hybridized carbons (Fsp3) is 0.273. The zero-order valence-corrected chi connectivity index (χ0v) is 8.66. The minimum Gasteiger partial charge on any atom is -0.288 e. The van der Waals surface area contributed by atoms with Crippen molar-refractivity contribution < 1.29 is 4.79 Å². The summed E-state index contributed by atoms with van der Waals surface area (Å²) in [6.07, 6.45) is 0. The topological polar surface area (TPSA) is 44.2 Å². The lowest BCUT2D eigenvalue weighted by atomic mass is 10.2. The highest BCUT2D eigenvalue weighted by atomic mass is 16.2. The number of benzene rings is 1. The van der Waals surface area contributed by atoms with Gasteiger partial charge in [-0.15, -0.1) is 0 Å². The molecule has 1 aromatic rings. The molecule has 0 aliphatic heterocycles. The third-order valence-corrected chi connectivity index (χ3v) is 2.01. The molecule has 0 aromatic heterocycles. The molecule has 0 aliphatic rings. The first kappa shape index (κ1) is 10.4. The van der Waals surface area contributed by atoms with E-state index in [4.69, 9.17) is 5.41 Å². The summed E-state index contributed by atoms with van der Waals surface area (Å²) < 4.78 is 0. The molecule has 0 atom stereocenters. The molecule has 1 aromatic carbocycles. The Hall–Kier alpha value is -1.64. The van der Waals surface area contributed by atoms with E-state index >= 15 is 0 Å². The van der Waals surface area contributed by atoms with Gasteiger partial charge >= 0.3 is 0 Å². The maximum absolute atomic E-state index is 11.3. The fourth-order valence-corrected chi connectivity index (χ4v) is 1.40. The molecule has 3 nitrogen and oxygen atoms in total. The van der Waals surface area contributed by atoms with Gasteiger partial charge in [-0.25, -0.2) is 0 Å². The van der Waals surface area contributed by atoms with Crippen LogP contribution in [0.4, 0.5) is 5.69 Å². The number of hydrogen-bond acceptors (Lipinski definition) is 2. The summed E-state index contributed by atoms with van der Waals surface area (Å²) in [5.74, 6) is 0.110. The number of nitrogens with zero attached hydrogens (tertiary/aromatic N) is 1. The van der Waals surface area contributed by atoms with Gasteiger partial charge in [0.25, 0.3) is 0 Å². The first-order valence-electron chi connectivity index (χ1n) is 4.45. The minimum atomic E-state index is -0.133. The second-order valence-electron chi connectivity index (χ2n) is 3.23. The zero-order valence-electron chi connectivity index (χ0n) is 8.66. The molecule has 1 rings (SSSR count). The molecule has 0 aliphatic carbocycles. The summed E-state index contributed by atoms with van der Waals surface area (Å²) in [6, 6.07) is 7.54. The molecule has 0 spiro atoms. The van der Waals surface area contributed by atoms with Crippen LogP contribution in [-0.4, -0.2) is 11.7 Å². The summed E-state index contributed by atoms with van der Waals surface area (Å²) in [7, 11) is 0. The molecular formula is C11H14N2O. The van der Waals surface area contributed by atoms with Crippen LogP contribution in [0.5, 0.6) is 0 Å². The maximum Gasteiger partial charge on any atom is 0.229 e. The quantitative estimate of drug-likeness (QED) is 0.536. The molecule has 14 heavy (non-hydrogen) atoms. The van der Waals surface area contributed by atoms with Gasteiger partial charge in [0.15, 0.2) is 0 Å². The Morgan fingerprint density at radius 3 is 2.29 bits per heavy atom. The Labute approximate surface area is 83.9 Å². The fourth-order valence-electron chi connectivity index (χ4n) is 1.40. The first-order valence-corrected chi connectivity index (χ1v) is 4.45. The summed E-state index contributed by atoms with van der Waals surface area (Å²) in [6.45, 7) is 4.99. The van der Waals surface area contributed by atoms with Crippen molar-refractivity contribution in [3.63, 3.8) is 0 Å². The van der Waals surface area contributed by atoms with E-state index in [9.17, 15) is 4.79 Å². The first-order chi connectivity index (χ1) is 6.54. The number of rotatable bonds is 1. The third-order valence-electron chi connectivity index (χ3n) is 2.01. The molecule has 74 valence electrons. The highest BCUT2D eigenvalue weighted by Crippen LogP contribution is 2.19. The molecule has 0 saturated heterocycles.